The fourth-order valence-electron chi connectivity index (χ4n) is 4.97. The van der Waals surface area contributed by atoms with Crippen molar-refractivity contribution in [1.29, 1.82) is 0 Å². The Morgan fingerprint density at radius 1 is 1.08 bits per heavy atom. The molecule has 1 N–H and O–H groups in total. The lowest BCUT2D eigenvalue weighted by Crippen LogP contribution is -2.36. The van der Waals surface area contributed by atoms with Gasteiger partial charge in [-0.1, -0.05) is 26.0 Å². The Morgan fingerprint density at radius 3 is 2.66 bits per heavy atom. The molecule has 0 atom stereocenters. The van der Waals surface area contributed by atoms with E-state index < -0.39 is 11.7 Å². The first kappa shape index (κ1) is 27.5. The van der Waals surface area contributed by atoms with E-state index in [1.807, 2.05) is 45.9 Å². The monoisotopic (exact) mass is 519 g/mol. The molecular formula is C30H38FN5O2. The summed E-state index contributed by atoms with van der Waals surface area (Å²) in [5.74, 6) is 0.954. The number of nitrogens with zero attached hydrogens (tertiary/aromatic N) is 4. The van der Waals surface area contributed by atoms with E-state index in [0.717, 1.165) is 72.6 Å². The molecule has 1 aromatic heterocycles. The molecule has 0 radical (unpaired) electrons. The Bertz CT molecular complexity index is 1300. The topological polar surface area (TPSA) is 80.1 Å². The van der Waals surface area contributed by atoms with Crippen molar-refractivity contribution in [2.24, 2.45) is 0 Å². The van der Waals surface area contributed by atoms with Crippen LogP contribution in [0.25, 0.3) is 5.57 Å². The maximum Gasteiger partial charge on any atom is 0.258 e. The number of benzene rings is 1. The average Bonchev–Trinajstić information content (AvgIpc) is 3.35. The Balaban J connectivity index is 1.51. The Labute approximate surface area is 224 Å². The summed E-state index contributed by atoms with van der Waals surface area (Å²) < 4.78 is 17.2. The molecule has 2 aliphatic rings. The summed E-state index contributed by atoms with van der Waals surface area (Å²) in [6, 6.07) is 3.05. The number of hydrogen-bond donors (Lipinski definition) is 1. The number of aryl methyl sites for hydroxylation is 1. The summed E-state index contributed by atoms with van der Waals surface area (Å²) in [5.41, 5.74) is 4.29. The zero-order chi connectivity index (χ0) is 27.2. The van der Waals surface area contributed by atoms with E-state index in [2.05, 4.69) is 20.1 Å². The Hall–Kier alpha value is -3.55. The van der Waals surface area contributed by atoms with Crippen LogP contribution >= 0.6 is 0 Å². The minimum atomic E-state index is -0.542. The molecule has 38 heavy (non-hydrogen) atoms. The molecule has 0 bridgehead atoms. The van der Waals surface area contributed by atoms with Crippen LogP contribution in [0.5, 0.6) is 0 Å². The summed E-state index contributed by atoms with van der Waals surface area (Å²) in [4.78, 5) is 27.4. The Morgan fingerprint density at radius 2 is 1.89 bits per heavy atom. The van der Waals surface area contributed by atoms with Gasteiger partial charge in [0.05, 0.1) is 5.56 Å². The molecule has 2 aromatic rings. The van der Waals surface area contributed by atoms with Crippen LogP contribution < -0.4 is 5.32 Å². The van der Waals surface area contributed by atoms with Crippen LogP contribution in [0.4, 0.5) is 4.39 Å². The van der Waals surface area contributed by atoms with Gasteiger partial charge in [-0.05, 0) is 86.4 Å². The number of hydrogen-bond acceptors (Lipinski definition) is 4. The quantitative estimate of drug-likeness (QED) is 0.466. The van der Waals surface area contributed by atoms with Gasteiger partial charge in [0, 0.05) is 38.2 Å². The number of carbonyl (C=O) groups is 2. The largest absolute Gasteiger partial charge is 0.338 e. The zero-order valence-corrected chi connectivity index (χ0v) is 22.9. The number of rotatable bonds is 8. The van der Waals surface area contributed by atoms with Gasteiger partial charge in [-0.3, -0.25) is 9.59 Å². The number of carbonyl (C=O) groups excluding carboxylic acids is 2. The predicted molar refractivity (Wildman–Crippen MR) is 147 cm³/mol. The Kier molecular flexibility index (Phi) is 8.92. The fourth-order valence-corrected chi connectivity index (χ4v) is 4.97. The summed E-state index contributed by atoms with van der Waals surface area (Å²) in [5, 5.41) is 11.6. The second-order valence-corrected chi connectivity index (χ2v) is 10.2. The lowest BCUT2D eigenvalue weighted by molar-refractivity contribution is -0.132. The fraction of sp³-hybridized carbons (Fsp3) is 0.467. The van der Waals surface area contributed by atoms with Gasteiger partial charge in [-0.15, -0.1) is 10.2 Å². The number of halogens is 1. The second-order valence-electron chi connectivity index (χ2n) is 10.2. The van der Waals surface area contributed by atoms with E-state index in [-0.39, 0.29) is 11.5 Å². The molecule has 0 fully saturated rings. The van der Waals surface area contributed by atoms with Crippen molar-refractivity contribution in [3.63, 3.8) is 0 Å². The van der Waals surface area contributed by atoms with Gasteiger partial charge in [0.25, 0.3) is 5.91 Å². The lowest BCUT2D eigenvalue weighted by atomic mass is 9.96. The van der Waals surface area contributed by atoms with E-state index >= 15 is 0 Å². The molecular weight excluding hydrogens is 481 g/mol. The van der Waals surface area contributed by atoms with E-state index in [1.54, 1.807) is 11.0 Å². The minimum absolute atomic E-state index is 0.00912. The molecule has 0 aliphatic carbocycles. The first-order valence-corrected chi connectivity index (χ1v) is 13.7. The van der Waals surface area contributed by atoms with Crippen molar-refractivity contribution in [2.75, 3.05) is 6.54 Å². The number of amides is 2. The van der Waals surface area contributed by atoms with E-state index in [9.17, 15) is 14.0 Å². The molecule has 7 nitrogen and oxygen atoms in total. The van der Waals surface area contributed by atoms with E-state index in [4.69, 9.17) is 0 Å². The van der Waals surface area contributed by atoms with Crippen LogP contribution in [0.3, 0.4) is 0 Å². The number of aromatic nitrogens is 3. The standard InChI is InChI=1S/C30H38FN5O2/c1-5-10-28(37)35-16-14-22-18-25(31)24(17-23(22)19-35)30(38)32-26(20(3)6-2)12-9-11-21(4)29-34-33-27-13-7-8-15-36(27)29/h9,11-12,17-18H,5-8,10,13-16,19H2,1-4H3,(H,32,38)/b12-9-,21-11+,26-20-. The van der Waals surface area contributed by atoms with E-state index in [1.165, 1.54) is 6.07 Å². The van der Waals surface area contributed by atoms with Crippen LogP contribution in [-0.2, 0) is 30.7 Å². The normalized spacial score (nSPS) is 16.2. The van der Waals surface area contributed by atoms with Crippen LogP contribution in [-0.4, -0.2) is 38.0 Å². The highest BCUT2D eigenvalue weighted by Gasteiger charge is 2.24. The summed E-state index contributed by atoms with van der Waals surface area (Å²) in [6.45, 7) is 9.86. The van der Waals surface area contributed by atoms with Crippen molar-refractivity contribution in [3.05, 3.63) is 75.8 Å². The average molecular weight is 520 g/mol. The third-order valence-corrected chi connectivity index (χ3v) is 7.42. The van der Waals surface area contributed by atoms with Gasteiger partial charge < -0.3 is 14.8 Å². The minimum Gasteiger partial charge on any atom is -0.338 e. The molecule has 8 heteroatoms. The highest BCUT2D eigenvalue weighted by molar-refractivity contribution is 5.96. The third kappa shape index (κ3) is 6.11. The summed E-state index contributed by atoms with van der Waals surface area (Å²) >= 11 is 0. The maximum absolute atomic E-state index is 15.0. The zero-order valence-electron chi connectivity index (χ0n) is 22.9. The smallest absolute Gasteiger partial charge is 0.258 e. The molecule has 4 rings (SSSR count). The first-order chi connectivity index (χ1) is 18.3. The second kappa shape index (κ2) is 12.3. The van der Waals surface area contributed by atoms with Crippen molar-refractivity contribution in [1.82, 2.24) is 25.0 Å². The van der Waals surface area contributed by atoms with Gasteiger partial charge >= 0.3 is 0 Å². The molecule has 2 aliphatic heterocycles. The first-order valence-electron chi connectivity index (χ1n) is 13.7. The number of allylic oxidation sites excluding steroid dienone is 5. The van der Waals surface area contributed by atoms with Gasteiger partial charge in [0.2, 0.25) is 5.91 Å². The third-order valence-electron chi connectivity index (χ3n) is 7.42. The number of nitrogens with one attached hydrogen (secondary N) is 1. The van der Waals surface area contributed by atoms with Gasteiger partial charge in [-0.2, -0.15) is 0 Å². The highest BCUT2D eigenvalue weighted by atomic mass is 19.1. The SMILES string of the molecule is CCCC(=O)N1CCc2cc(F)c(C(=O)NC(/C=C\C=C(/C)c3nnc4n3CCCC4)=C(/C)CC)cc2C1. The molecule has 3 heterocycles. The van der Waals surface area contributed by atoms with Gasteiger partial charge in [0.1, 0.15) is 11.6 Å². The molecule has 1 aromatic carbocycles. The number of fused-ring (bicyclic) bond motifs is 2. The molecule has 0 spiro atoms. The molecule has 202 valence electrons. The summed E-state index contributed by atoms with van der Waals surface area (Å²) in [6.07, 6.45) is 11.5. The van der Waals surface area contributed by atoms with Crippen molar-refractivity contribution in [3.8, 4) is 0 Å². The van der Waals surface area contributed by atoms with Crippen molar-refractivity contribution < 1.29 is 14.0 Å². The predicted octanol–water partition coefficient (Wildman–Crippen LogP) is 5.51. The van der Waals surface area contributed by atoms with Crippen molar-refractivity contribution >= 4 is 17.4 Å². The van der Waals surface area contributed by atoms with Crippen LogP contribution in [0.15, 0.2) is 41.6 Å². The van der Waals surface area contributed by atoms with Crippen LogP contribution in [0, 0.1) is 5.82 Å². The summed E-state index contributed by atoms with van der Waals surface area (Å²) in [7, 11) is 0. The van der Waals surface area contributed by atoms with Crippen LogP contribution in [0.1, 0.15) is 92.9 Å². The molecule has 0 saturated carbocycles. The molecule has 0 saturated heterocycles. The lowest BCUT2D eigenvalue weighted by Gasteiger charge is -2.29. The van der Waals surface area contributed by atoms with Gasteiger partial charge in [0.15, 0.2) is 5.82 Å². The molecule has 2 amide bonds. The van der Waals surface area contributed by atoms with Gasteiger partial charge in [-0.25, -0.2) is 4.39 Å². The van der Waals surface area contributed by atoms with E-state index in [0.29, 0.717) is 31.6 Å². The molecule has 0 unspecified atom stereocenters. The van der Waals surface area contributed by atoms with Crippen molar-refractivity contribution in [2.45, 2.75) is 85.7 Å². The van der Waals surface area contributed by atoms with Crippen LogP contribution in [0.2, 0.25) is 0 Å². The highest BCUT2D eigenvalue weighted by Crippen LogP contribution is 2.24. The maximum atomic E-state index is 15.0.